The van der Waals surface area contributed by atoms with Crippen LogP contribution in [0.5, 0.6) is 0 Å². The first-order chi connectivity index (χ1) is 12.0. The Morgan fingerprint density at radius 1 is 1.28 bits per heavy atom. The van der Waals surface area contributed by atoms with Gasteiger partial charge in [-0.25, -0.2) is 4.99 Å². The first-order valence-corrected chi connectivity index (χ1v) is 9.20. The lowest BCUT2D eigenvalue weighted by molar-refractivity contribution is -0.127. The standard InChI is InChI=1S/C19H32N4O2/c1-15-17(10-11-25-15)14-23(4)19(21-13-18(24)22(2)3)20-12-16-8-6-5-7-9-16/h10-11,16H,5-9,12-14H2,1-4H3,(H,20,21). The Morgan fingerprint density at radius 2 is 2.00 bits per heavy atom. The molecule has 25 heavy (non-hydrogen) atoms. The predicted octanol–water partition coefficient (Wildman–Crippen LogP) is 2.63. The molecule has 1 aliphatic rings. The minimum absolute atomic E-state index is 0.00450. The molecule has 6 nitrogen and oxygen atoms in total. The molecular weight excluding hydrogens is 316 g/mol. The molecule has 0 aromatic carbocycles. The molecule has 1 aromatic heterocycles. The lowest BCUT2D eigenvalue weighted by Gasteiger charge is -2.26. The second-order valence-electron chi connectivity index (χ2n) is 7.17. The zero-order valence-electron chi connectivity index (χ0n) is 16.0. The second-order valence-corrected chi connectivity index (χ2v) is 7.17. The number of rotatable bonds is 6. The quantitative estimate of drug-likeness (QED) is 0.634. The third-order valence-electron chi connectivity index (χ3n) is 4.87. The number of aliphatic imine (C=N–C) groups is 1. The van der Waals surface area contributed by atoms with Crippen LogP contribution in [0.15, 0.2) is 21.7 Å². The third-order valence-corrected chi connectivity index (χ3v) is 4.87. The maximum Gasteiger partial charge on any atom is 0.243 e. The van der Waals surface area contributed by atoms with Crippen molar-refractivity contribution in [2.75, 3.05) is 34.2 Å². The third kappa shape index (κ3) is 6.11. The minimum atomic E-state index is 0.00450. The lowest BCUT2D eigenvalue weighted by atomic mass is 9.89. The SMILES string of the molecule is Cc1occc1CN(C)C(=NCC(=O)N(C)C)NCC1CCCCC1. The average molecular weight is 348 g/mol. The van der Waals surface area contributed by atoms with E-state index in [1.54, 1.807) is 25.3 Å². The molecule has 1 aliphatic carbocycles. The van der Waals surface area contributed by atoms with Crippen LogP contribution in [-0.2, 0) is 11.3 Å². The fraction of sp³-hybridized carbons (Fsp3) is 0.684. The number of carbonyl (C=O) groups is 1. The molecule has 1 aromatic rings. The Labute approximate surface area is 151 Å². The van der Waals surface area contributed by atoms with Crippen LogP contribution < -0.4 is 5.32 Å². The zero-order valence-corrected chi connectivity index (χ0v) is 16.0. The van der Waals surface area contributed by atoms with E-state index < -0.39 is 0 Å². The summed E-state index contributed by atoms with van der Waals surface area (Å²) in [6.07, 6.45) is 8.27. The van der Waals surface area contributed by atoms with Gasteiger partial charge in [0.05, 0.1) is 6.26 Å². The molecule has 0 saturated heterocycles. The van der Waals surface area contributed by atoms with Gasteiger partial charge in [0.15, 0.2) is 5.96 Å². The van der Waals surface area contributed by atoms with Crippen molar-refractivity contribution in [1.29, 1.82) is 0 Å². The number of hydrogen-bond acceptors (Lipinski definition) is 3. The van der Waals surface area contributed by atoms with Crippen molar-refractivity contribution in [2.24, 2.45) is 10.9 Å². The number of hydrogen-bond donors (Lipinski definition) is 1. The number of likely N-dealkylation sites (N-methyl/N-ethyl adjacent to an activating group) is 1. The van der Waals surface area contributed by atoms with Crippen LogP contribution in [0, 0.1) is 12.8 Å². The van der Waals surface area contributed by atoms with Crippen molar-refractivity contribution >= 4 is 11.9 Å². The molecule has 0 unspecified atom stereocenters. The molecular formula is C19H32N4O2. The van der Waals surface area contributed by atoms with E-state index in [1.165, 1.54) is 32.1 Å². The second kappa shape index (κ2) is 9.49. The van der Waals surface area contributed by atoms with Crippen molar-refractivity contribution in [3.05, 3.63) is 23.7 Å². The summed E-state index contributed by atoms with van der Waals surface area (Å²) in [5, 5.41) is 3.49. The number of carbonyl (C=O) groups excluding carboxylic acids is 1. The van der Waals surface area contributed by atoms with Gasteiger partial charge in [-0.05, 0) is 31.7 Å². The van der Waals surface area contributed by atoms with Gasteiger partial charge < -0.3 is 19.5 Å². The highest BCUT2D eigenvalue weighted by molar-refractivity contribution is 5.84. The van der Waals surface area contributed by atoms with E-state index in [0.717, 1.165) is 23.8 Å². The fourth-order valence-corrected chi connectivity index (χ4v) is 3.13. The molecule has 1 amide bonds. The van der Waals surface area contributed by atoms with Crippen LogP contribution in [0.4, 0.5) is 0 Å². The Balaban J connectivity index is 2.00. The number of nitrogens with zero attached hydrogens (tertiary/aromatic N) is 3. The largest absolute Gasteiger partial charge is 0.469 e. The predicted molar refractivity (Wildman–Crippen MR) is 100 cm³/mol. The first-order valence-electron chi connectivity index (χ1n) is 9.20. The van der Waals surface area contributed by atoms with Gasteiger partial charge in [0, 0.05) is 39.8 Å². The van der Waals surface area contributed by atoms with Gasteiger partial charge in [-0.15, -0.1) is 0 Å². The molecule has 0 aliphatic heterocycles. The van der Waals surface area contributed by atoms with Gasteiger partial charge in [0.2, 0.25) is 5.91 Å². The Bertz CT molecular complexity index is 574. The van der Waals surface area contributed by atoms with E-state index in [0.29, 0.717) is 12.5 Å². The van der Waals surface area contributed by atoms with E-state index in [4.69, 9.17) is 4.42 Å². The van der Waals surface area contributed by atoms with Crippen molar-refractivity contribution in [3.8, 4) is 0 Å². The molecule has 0 spiro atoms. The molecule has 0 bridgehead atoms. The van der Waals surface area contributed by atoms with Crippen LogP contribution >= 0.6 is 0 Å². The van der Waals surface area contributed by atoms with Gasteiger partial charge in [-0.1, -0.05) is 19.3 Å². The number of amides is 1. The molecule has 1 fully saturated rings. The monoisotopic (exact) mass is 348 g/mol. The van der Waals surface area contributed by atoms with Crippen molar-refractivity contribution in [2.45, 2.75) is 45.6 Å². The van der Waals surface area contributed by atoms with E-state index >= 15 is 0 Å². The van der Waals surface area contributed by atoms with E-state index in [1.807, 2.05) is 20.0 Å². The van der Waals surface area contributed by atoms with Crippen LogP contribution in [-0.4, -0.2) is 55.9 Å². The number of nitrogens with one attached hydrogen (secondary N) is 1. The lowest BCUT2D eigenvalue weighted by Crippen LogP contribution is -2.42. The Kier molecular flexibility index (Phi) is 7.34. The maximum absolute atomic E-state index is 11.9. The summed E-state index contributed by atoms with van der Waals surface area (Å²) in [4.78, 5) is 20.1. The highest BCUT2D eigenvalue weighted by Gasteiger charge is 2.16. The molecule has 140 valence electrons. The molecule has 1 saturated carbocycles. The molecule has 0 radical (unpaired) electrons. The molecule has 0 atom stereocenters. The summed E-state index contributed by atoms with van der Waals surface area (Å²) in [6, 6.07) is 1.98. The summed E-state index contributed by atoms with van der Waals surface area (Å²) in [6.45, 7) is 3.75. The van der Waals surface area contributed by atoms with Gasteiger partial charge in [0.25, 0.3) is 0 Å². The van der Waals surface area contributed by atoms with Crippen molar-refractivity contribution in [1.82, 2.24) is 15.1 Å². The van der Waals surface area contributed by atoms with Gasteiger partial charge in [-0.3, -0.25) is 4.79 Å². The molecule has 6 heteroatoms. The maximum atomic E-state index is 11.9. The summed E-state index contributed by atoms with van der Waals surface area (Å²) in [7, 11) is 5.51. The first kappa shape index (κ1) is 19.3. The molecule has 2 rings (SSSR count). The Morgan fingerprint density at radius 3 is 2.60 bits per heavy atom. The summed E-state index contributed by atoms with van der Waals surface area (Å²) >= 11 is 0. The topological polar surface area (TPSA) is 61.1 Å². The fourth-order valence-electron chi connectivity index (χ4n) is 3.13. The summed E-state index contributed by atoms with van der Waals surface area (Å²) in [5.41, 5.74) is 1.13. The van der Waals surface area contributed by atoms with Crippen LogP contribution in [0.3, 0.4) is 0 Å². The zero-order chi connectivity index (χ0) is 18.2. The van der Waals surface area contributed by atoms with E-state index in [-0.39, 0.29) is 12.5 Å². The van der Waals surface area contributed by atoms with Gasteiger partial charge in [-0.2, -0.15) is 0 Å². The average Bonchev–Trinajstić information content (AvgIpc) is 3.00. The van der Waals surface area contributed by atoms with Gasteiger partial charge >= 0.3 is 0 Å². The van der Waals surface area contributed by atoms with E-state index in [2.05, 4.69) is 15.2 Å². The van der Waals surface area contributed by atoms with Gasteiger partial charge in [0.1, 0.15) is 12.3 Å². The Hall–Kier alpha value is -1.98. The summed E-state index contributed by atoms with van der Waals surface area (Å²) in [5.74, 6) is 2.40. The van der Waals surface area contributed by atoms with Crippen molar-refractivity contribution in [3.63, 3.8) is 0 Å². The summed E-state index contributed by atoms with van der Waals surface area (Å²) < 4.78 is 5.38. The number of guanidine groups is 1. The normalized spacial score (nSPS) is 15.9. The molecule has 1 heterocycles. The highest BCUT2D eigenvalue weighted by atomic mass is 16.3. The smallest absolute Gasteiger partial charge is 0.243 e. The van der Waals surface area contributed by atoms with Crippen LogP contribution in [0.25, 0.3) is 0 Å². The highest BCUT2D eigenvalue weighted by Crippen LogP contribution is 2.22. The molecule has 1 N–H and O–H groups in total. The van der Waals surface area contributed by atoms with Crippen molar-refractivity contribution < 1.29 is 9.21 Å². The minimum Gasteiger partial charge on any atom is -0.469 e. The van der Waals surface area contributed by atoms with Crippen LogP contribution in [0.2, 0.25) is 0 Å². The number of furan rings is 1. The number of aryl methyl sites for hydroxylation is 1. The van der Waals surface area contributed by atoms with Crippen LogP contribution in [0.1, 0.15) is 43.4 Å². The van der Waals surface area contributed by atoms with E-state index in [9.17, 15) is 4.79 Å².